The van der Waals surface area contributed by atoms with Crippen molar-refractivity contribution in [2.24, 2.45) is 5.73 Å². The molecule has 2 unspecified atom stereocenters. The number of carbonyl (C=O) groups is 1. The number of carbonyl (C=O) groups excluding carboxylic acids is 1. The SMILES string of the molecule is CC(N)C1CCCCN1C(=O)c1nn[nH]n1. The predicted octanol–water partition coefficient (Wildman–Crippen LogP) is -0.458. The van der Waals surface area contributed by atoms with Crippen LogP contribution in [0.4, 0.5) is 0 Å². The Hall–Kier alpha value is -1.50. The molecule has 0 saturated carbocycles. The summed E-state index contributed by atoms with van der Waals surface area (Å²) >= 11 is 0. The Labute approximate surface area is 93.4 Å². The first-order valence-electron chi connectivity index (χ1n) is 5.50. The summed E-state index contributed by atoms with van der Waals surface area (Å²) in [5.74, 6) is -0.0664. The van der Waals surface area contributed by atoms with Gasteiger partial charge in [0.1, 0.15) is 0 Å². The molecule has 0 radical (unpaired) electrons. The van der Waals surface area contributed by atoms with Crippen molar-refractivity contribution in [3.05, 3.63) is 5.82 Å². The fourth-order valence-corrected chi connectivity index (χ4v) is 2.14. The Morgan fingerprint density at radius 2 is 2.44 bits per heavy atom. The van der Waals surface area contributed by atoms with Gasteiger partial charge < -0.3 is 10.6 Å². The monoisotopic (exact) mass is 224 g/mol. The second-order valence-corrected chi connectivity index (χ2v) is 4.16. The van der Waals surface area contributed by atoms with E-state index in [1.807, 2.05) is 6.92 Å². The molecule has 7 heteroatoms. The van der Waals surface area contributed by atoms with Crippen molar-refractivity contribution in [1.82, 2.24) is 25.5 Å². The summed E-state index contributed by atoms with van der Waals surface area (Å²) in [6.45, 7) is 2.64. The van der Waals surface area contributed by atoms with Crippen molar-refractivity contribution in [1.29, 1.82) is 0 Å². The number of hydrogen-bond donors (Lipinski definition) is 2. The molecule has 2 atom stereocenters. The largest absolute Gasteiger partial charge is 0.331 e. The summed E-state index contributed by atoms with van der Waals surface area (Å²) in [7, 11) is 0. The molecular formula is C9H16N6O. The number of H-pyrrole nitrogens is 1. The van der Waals surface area contributed by atoms with Crippen LogP contribution in [0, 0.1) is 0 Å². The number of hydrogen-bond acceptors (Lipinski definition) is 5. The maximum absolute atomic E-state index is 12.1. The molecule has 1 fully saturated rings. The normalized spacial score (nSPS) is 23.1. The number of aromatic amines is 1. The molecule has 0 aliphatic carbocycles. The minimum atomic E-state index is -0.184. The van der Waals surface area contributed by atoms with Crippen LogP contribution in [0.5, 0.6) is 0 Å². The Kier molecular flexibility index (Phi) is 3.14. The molecule has 0 aromatic carbocycles. The lowest BCUT2D eigenvalue weighted by atomic mass is 9.97. The van der Waals surface area contributed by atoms with Crippen molar-refractivity contribution in [2.75, 3.05) is 6.54 Å². The van der Waals surface area contributed by atoms with Gasteiger partial charge in [-0.15, -0.1) is 10.2 Å². The fourth-order valence-electron chi connectivity index (χ4n) is 2.14. The number of nitrogens with zero attached hydrogens (tertiary/aromatic N) is 4. The topological polar surface area (TPSA) is 101 Å². The highest BCUT2D eigenvalue weighted by Crippen LogP contribution is 2.20. The second kappa shape index (κ2) is 4.56. The first kappa shape index (κ1) is 11.0. The highest BCUT2D eigenvalue weighted by Gasteiger charge is 2.31. The van der Waals surface area contributed by atoms with Gasteiger partial charge in [-0.3, -0.25) is 4.79 Å². The molecule has 0 spiro atoms. The van der Waals surface area contributed by atoms with Gasteiger partial charge in [0, 0.05) is 18.6 Å². The van der Waals surface area contributed by atoms with Crippen LogP contribution >= 0.6 is 0 Å². The third kappa shape index (κ3) is 2.04. The molecule has 0 bridgehead atoms. The van der Waals surface area contributed by atoms with Crippen LogP contribution in [0.15, 0.2) is 0 Å². The van der Waals surface area contributed by atoms with Crippen LogP contribution in [-0.2, 0) is 0 Å². The van der Waals surface area contributed by atoms with Gasteiger partial charge in [-0.25, -0.2) is 0 Å². The summed E-state index contributed by atoms with van der Waals surface area (Å²) < 4.78 is 0. The van der Waals surface area contributed by atoms with E-state index in [-0.39, 0.29) is 23.8 Å². The summed E-state index contributed by atoms with van der Waals surface area (Å²) in [4.78, 5) is 13.8. The van der Waals surface area contributed by atoms with Gasteiger partial charge in [-0.2, -0.15) is 5.21 Å². The molecule has 16 heavy (non-hydrogen) atoms. The van der Waals surface area contributed by atoms with Gasteiger partial charge in [0.2, 0.25) is 0 Å². The quantitative estimate of drug-likeness (QED) is 0.708. The van der Waals surface area contributed by atoms with Gasteiger partial charge in [-0.1, -0.05) is 0 Å². The Morgan fingerprint density at radius 3 is 3.06 bits per heavy atom. The zero-order valence-corrected chi connectivity index (χ0v) is 9.26. The number of amides is 1. The van der Waals surface area contributed by atoms with Crippen LogP contribution in [-0.4, -0.2) is 50.1 Å². The molecule has 1 aliphatic rings. The molecule has 1 saturated heterocycles. The molecule has 1 aromatic heterocycles. The minimum absolute atomic E-state index is 0.0313. The van der Waals surface area contributed by atoms with Crippen molar-refractivity contribution in [3.8, 4) is 0 Å². The Bertz CT molecular complexity index is 349. The number of nitrogens with two attached hydrogens (primary N) is 1. The van der Waals surface area contributed by atoms with E-state index in [9.17, 15) is 4.79 Å². The third-order valence-corrected chi connectivity index (χ3v) is 2.95. The third-order valence-electron chi connectivity index (χ3n) is 2.95. The number of rotatable bonds is 2. The van der Waals surface area contributed by atoms with Crippen molar-refractivity contribution >= 4 is 5.91 Å². The van der Waals surface area contributed by atoms with Gasteiger partial charge in [0.15, 0.2) is 0 Å². The van der Waals surface area contributed by atoms with E-state index in [1.54, 1.807) is 4.90 Å². The number of tetrazole rings is 1. The maximum Gasteiger partial charge on any atom is 0.295 e. The number of likely N-dealkylation sites (tertiary alicyclic amines) is 1. The fraction of sp³-hybridized carbons (Fsp3) is 0.778. The van der Waals surface area contributed by atoms with E-state index in [2.05, 4.69) is 20.6 Å². The van der Waals surface area contributed by atoms with Crippen LogP contribution in [0.1, 0.15) is 36.8 Å². The highest BCUT2D eigenvalue weighted by molar-refractivity contribution is 5.90. The lowest BCUT2D eigenvalue weighted by Crippen LogP contribution is -2.51. The molecule has 88 valence electrons. The molecule has 2 heterocycles. The van der Waals surface area contributed by atoms with Gasteiger partial charge in [-0.05, 0) is 31.4 Å². The molecule has 1 aromatic rings. The standard InChI is InChI=1S/C9H16N6O/c1-6(10)7-4-2-3-5-15(7)9(16)8-11-13-14-12-8/h6-7H,2-5,10H2,1H3,(H,11,12,13,14). The molecule has 3 N–H and O–H groups in total. The molecule has 1 aliphatic heterocycles. The first-order chi connectivity index (χ1) is 7.70. The number of piperidine rings is 1. The minimum Gasteiger partial charge on any atom is -0.331 e. The second-order valence-electron chi connectivity index (χ2n) is 4.16. The number of aromatic nitrogens is 4. The lowest BCUT2D eigenvalue weighted by molar-refractivity contribution is 0.0571. The Morgan fingerprint density at radius 1 is 1.62 bits per heavy atom. The molecule has 1 amide bonds. The summed E-state index contributed by atoms with van der Waals surface area (Å²) in [5, 5.41) is 13.1. The highest BCUT2D eigenvalue weighted by atomic mass is 16.2. The van der Waals surface area contributed by atoms with Gasteiger partial charge in [0.05, 0.1) is 0 Å². The van der Waals surface area contributed by atoms with Crippen molar-refractivity contribution in [3.63, 3.8) is 0 Å². The van der Waals surface area contributed by atoms with Crippen molar-refractivity contribution in [2.45, 2.75) is 38.3 Å². The van der Waals surface area contributed by atoms with Crippen molar-refractivity contribution < 1.29 is 4.79 Å². The summed E-state index contributed by atoms with van der Waals surface area (Å²) in [6, 6.07) is 0.0518. The first-order valence-corrected chi connectivity index (χ1v) is 5.50. The van der Waals surface area contributed by atoms with Crippen LogP contribution in [0.3, 0.4) is 0 Å². The summed E-state index contributed by atoms with van der Waals surface area (Å²) in [5.41, 5.74) is 5.89. The average Bonchev–Trinajstić information content (AvgIpc) is 2.81. The van der Waals surface area contributed by atoms with E-state index >= 15 is 0 Å². The number of nitrogens with one attached hydrogen (secondary N) is 1. The zero-order valence-electron chi connectivity index (χ0n) is 9.26. The van der Waals surface area contributed by atoms with E-state index < -0.39 is 0 Å². The van der Waals surface area contributed by atoms with E-state index in [0.717, 1.165) is 25.8 Å². The Balaban J connectivity index is 2.14. The van der Waals surface area contributed by atoms with E-state index in [0.29, 0.717) is 0 Å². The maximum atomic E-state index is 12.1. The predicted molar refractivity (Wildman–Crippen MR) is 56.5 cm³/mol. The van der Waals surface area contributed by atoms with Crippen LogP contribution in [0.2, 0.25) is 0 Å². The van der Waals surface area contributed by atoms with E-state index in [4.69, 9.17) is 5.73 Å². The molecule has 7 nitrogen and oxygen atoms in total. The van der Waals surface area contributed by atoms with Gasteiger partial charge >= 0.3 is 0 Å². The molecular weight excluding hydrogens is 208 g/mol. The van der Waals surface area contributed by atoms with Crippen LogP contribution in [0.25, 0.3) is 0 Å². The zero-order chi connectivity index (χ0) is 11.5. The lowest BCUT2D eigenvalue weighted by Gasteiger charge is -2.37. The summed E-state index contributed by atoms with van der Waals surface area (Å²) in [6.07, 6.45) is 3.07. The van der Waals surface area contributed by atoms with Crippen LogP contribution < -0.4 is 5.73 Å². The smallest absolute Gasteiger partial charge is 0.295 e. The molecule has 2 rings (SSSR count). The van der Waals surface area contributed by atoms with Gasteiger partial charge in [0.25, 0.3) is 11.7 Å². The average molecular weight is 224 g/mol. The van der Waals surface area contributed by atoms with E-state index in [1.165, 1.54) is 0 Å².